The maximum atomic E-state index is 14.4. The summed E-state index contributed by atoms with van der Waals surface area (Å²) in [5, 5.41) is 81.4. The van der Waals surface area contributed by atoms with Crippen LogP contribution in [0.4, 0.5) is 37.7 Å². The number of aliphatic hydroxyl groups is 5. The van der Waals surface area contributed by atoms with Crippen molar-refractivity contribution in [3.63, 3.8) is 0 Å². The average Bonchev–Trinajstić information content (AvgIpc) is 1.58. The summed E-state index contributed by atoms with van der Waals surface area (Å²) in [6, 6.07) is 30.6. The maximum absolute atomic E-state index is 14.4. The second-order valence-corrected chi connectivity index (χ2v) is 38.7. The Bertz CT molecular complexity index is 6750. The summed E-state index contributed by atoms with van der Waals surface area (Å²) < 4.78 is 162. The molecular formula is C88H82Br2F6I3N15O15S2. The number of halogens is 11. The number of benzene rings is 8. The van der Waals surface area contributed by atoms with Crippen LogP contribution in [-0.2, 0) is 66.5 Å². The lowest BCUT2D eigenvalue weighted by Crippen LogP contribution is -2.32. The Morgan fingerprint density at radius 1 is 0.435 bits per heavy atom. The van der Waals surface area contributed by atoms with Crippen molar-refractivity contribution in [2.45, 2.75) is 63.0 Å². The number of aliphatic hydroxyl groups excluding tert-OH is 5. The molecule has 15 aromatic rings. The van der Waals surface area contributed by atoms with Gasteiger partial charge in [0.05, 0.1) is 128 Å². The number of carbonyl (C=O) groups excluding carboxylic acids is 3. The van der Waals surface area contributed by atoms with Crippen LogP contribution in [0.1, 0.15) is 112 Å². The fourth-order valence-corrected chi connectivity index (χ4v) is 18.8. The highest BCUT2D eigenvalue weighted by Crippen LogP contribution is 2.48. The molecular weight excluding hydrogens is 2230 g/mol. The Morgan fingerprint density at radius 3 is 1.29 bits per heavy atom. The first-order chi connectivity index (χ1) is 62.9. The number of ether oxygens (including phenoxy) is 3. The predicted molar refractivity (Wildman–Crippen MR) is 511 cm³/mol. The number of pyridine rings is 2. The van der Waals surface area contributed by atoms with Crippen LogP contribution in [0.15, 0.2) is 168 Å². The minimum atomic E-state index is -3.89. The lowest BCUT2D eigenvalue weighted by Gasteiger charge is -2.19. The number of anilines is 2. The third kappa shape index (κ3) is 25.6. The highest BCUT2D eigenvalue weighted by Gasteiger charge is 2.54. The van der Waals surface area contributed by atoms with Gasteiger partial charge in [-0.2, -0.15) is 38.6 Å². The Balaban J connectivity index is 0.000000148. The van der Waals surface area contributed by atoms with E-state index in [-0.39, 0.29) is 175 Å². The molecule has 8 aromatic carbocycles. The van der Waals surface area contributed by atoms with E-state index in [4.69, 9.17) is 34.6 Å². The third-order valence-electron chi connectivity index (χ3n) is 20.8. The van der Waals surface area contributed by atoms with Gasteiger partial charge in [-0.05, 0) is 240 Å². The molecule has 0 amide bonds. The quantitative estimate of drug-likeness (QED) is 0.00759. The van der Waals surface area contributed by atoms with Crippen molar-refractivity contribution in [1.29, 1.82) is 0 Å². The second kappa shape index (κ2) is 46.3. The molecule has 30 nitrogen and oxygen atoms in total. The van der Waals surface area contributed by atoms with Crippen molar-refractivity contribution in [3.8, 4) is 0 Å². The van der Waals surface area contributed by atoms with Gasteiger partial charge >= 0.3 is 0 Å². The number of nitrogens with one attached hydrogen (secondary N) is 8. The summed E-state index contributed by atoms with van der Waals surface area (Å²) in [7, 11) is -7.57. The number of hydrogen-bond donors (Lipinski definition) is 13. The minimum Gasteiger partial charge on any atom is -0.396 e. The minimum absolute atomic E-state index is 0.00114. The van der Waals surface area contributed by atoms with Crippen LogP contribution in [0.2, 0.25) is 0 Å². The van der Waals surface area contributed by atoms with Crippen LogP contribution in [-0.4, -0.2) is 205 Å². The normalized spacial score (nSPS) is 12.3. The first-order valence-corrected chi connectivity index (χ1v) is 47.7. The molecule has 0 atom stereocenters. The fraction of sp³-hybridized carbons (Fsp3) is 0.250. The molecule has 1 saturated carbocycles. The number of sulfonamides is 1. The van der Waals surface area contributed by atoms with Gasteiger partial charge in [-0.15, -0.1) is 0 Å². The molecule has 13 N–H and O–H groups in total. The SMILES string of the molecule is Cc1cc2[nH]ncc2c(Cc2ccc(I)cc2F)c1NS(=O)(=O)NCCO.O=C(COCCO)c1cc(F)c2[nH]ncc2c1Cc1ccc(Br)cc1F.O=C(COCCO)c1ncc2[nH]ncc2c1Cc1ccc(Br)cc1F.O=C(COCCO)c1ncc2[nH]ncc2c1Cc1ccc(I)cc1F.O=S(=O)(Nc1ccc2[nH]ncc2c1Cc1ccc(I)cc1F)C1(CCO)CC1. The van der Waals surface area contributed by atoms with E-state index in [0.717, 1.165) is 38.6 Å². The van der Waals surface area contributed by atoms with Gasteiger partial charge < -0.3 is 39.7 Å². The van der Waals surface area contributed by atoms with Gasteiger partial charge in [-0.1, -0.05) is 62.2 Å². The van der Waals surface area contributed by atoms with Crippen molar-refractivity contribution in [3.05, 3.63) is 291 Å². The monoisotopic (exact) mass is 2310 g/mol. The number of aromatic nitrogens is 12. The Hall–Kier alpha value is -9.71. The van der Waals surface area contributed by atoms with Crippen LogP contribution in [0, 0.1) is 52.5 Å². The second-order valence-electron chi connectivity index (χ2n) is 29.6. The number of ketones is 3. The summed E-state index contributed by atoms with van der Waals surface area (Å²) >= 11 is 12.6. The topological polar surface area (TPSA) is 454 Å². The zero-order chi connectivity index (χ0) is 93.8. The fourth-order valence-electron chi connectivity index (χ4n) is 14.1. The summed E-state index contributed by atoms with van der Waals surface area (Å²) in [6.07, 6.45) is 13.0. The molecule has 1 aliphatic rings. The Labute approximate surface area is 802 Å². The summed E-state index contributed by atoms with van der Waals surface area (Å²) in [4.78, 5) is 45.8. The van der Waals surface area contributed by atoms with E-state index in [2.05, 4.69) is 107 Å². The van der Waals surface area contributed by atoms with Crippen molar-refractivity contribution in [1.82, 2.24) is 65.7 Å². The summed E-state index contributed by atoms with van der Waals surface area (Å²) in [5.74, 6) is -3.55. The number of hydrogen-bond acceptors (Lipinski definition) is 22. The number of aryl methyl sites for hydroxylation is 1. The molecule has 0 unspecified atom stereocenters. The average molecular weight is 2310 g/mol. The predicted octanol–water partition coefficient (Wildman–Crippen LogP) is 14.5. The number of H-pyrrole nitrogens is 5. The van der Waals surface area contributed by atoms with Gasteiger partial charge in [0.25, 0.3) is 10.2 Å². The van der Waals surface area contributed by atoms with E-state index in [9.17, 15) is 62.7 Å². The zero-order valence-corrected chi connectivity index (χ0v) is 80.4. The van der Waals surface area contributed by atoms with E-state index in [1.165, 1.54) is 48.9 Å². The zero-order valence-electron chi connectivity index (χ0n) is 69.1. The number of Topliss-reactive ketones (excluding diaryl/α,β-unsaturated/α-hetero) is 3. The van der Waals surface area contributed by atoms with Gasteiger partial charge in [0, 0.05) is 97.4 Å². The van der Waals surface area contributed by atoms with E-state index >= 15 is 0 Å². The lowest BCUT2D eigenvalue weighted by atomic mass is 9.94. The van der Waals surface area contributed by atoms with E-state index in [1.54, 1.807) is 98.4 Å². The number of rotatable bonds is 35. The van der Waals surface area contributed by atoms with Crippen molar-refractivity contribution >= 4 is 203 Å². The van der Waals surface area contributed by atoms with Crippen molar-refractivity contribution < 1.29 is 97.3 Å². The molecule has 1 fully saturated rings. The van der Waals surface area contributed by atoms with Gasteiger partial charge in [-0.3, -0.25) is 59.3 Å². The molecule has 131 heavy (non-hydrogen) atoms. The first kappa shape index (κ1) is 100. The molecule has 43 heteroatoms. The van der Waals surface area contributed by atoms with Gasteiger partial charge in [-0.25, -0.2) is 34.8 Å². The lowest BCUT2D eigenvalue weighted by molar-refractivity contribution is 0.0654. The number of fused-ring (bicyclic) bond motifs is 5. The molecule has 0 spiro atoms. The highest BCUT2D eigenvalue weighted by molar-refractivity contribution is 14.1. The van der Waals surface area contributed by atoms with E-state index < -0.39 is 42.4 Å². The Morgan fingerprint density at radius 2 is 0.840 bits per heavy atom. The summed E-state index contributed by atoms with van der Waals surface area (Å²) in [6.45, 7) is 0.0339. The van der Waals surface area contributed by atoms with Crippen LogP contribution < -0.4 is 14.2 Å². The van der Waals surface area contributed by atoms with Crippen LogP contribution >= 0.6 is 99.6 Å². The van der Waals surface area contributed by atoms with E-state index in [0.29, 0.717) is 122 Å². The highest BCUT2D eigenvalue weighted by atomic mass is 127. The molecule has 688 valence electrons. The third-order valence-corrected chi connectivity index (χ3v) is 27.1. The summed E-state index contributed by atoms with van der Waals surface area (Å²) in [5.41, 5.74) is 10.1. The first-order valence-electron chi connectivity index (χ1n) is 39.9. The number of aromatic amines is 5. The molecule has 0 radical (unpaired) electrons. The molecule has 1 aliphatic carbocycles. The van der Waals surface area contributed by atoms with Crippen LogP contribution in [0.3, 0.4) is 0 Å². The van der Waals surface area contributed by atoms with Gasteiger partial charge in [0.15, 0.2) is 5.78 Å². The van der Waals surface area contributed by atoms with Crippen LogP contribution in [0.5, 0.6) is 0 Å². The molecule has 0 saturated heterocycles. The Kier molecular flexibility index (Phi) is 35.4. The van der Waals surface area contributed by atoms with Crippen molar-refractivity contribution in [2.24, 2.45) is 0 Å². The van der Waals surface area contributed by atoms with Gasteiger partial charge in [0.2, 0.25) is 21.6 Å². The van der Waals surface area contributed by atoms with Gasteiger partial charge in [0.1, 0.15) is 71.6 Å². The number of carbonyl (C=O) groups is 3. The maximum Gasteiger partial charge on any atom is 0.299 e. The van der Waals surface area contributed by atoms with Crippen molar-refractivity contribution in [2.75, 3.05) is 88.7 Å². The molecule has 0 aliphatic heterocycles. The standard InChI is InChI=1S/C19H19FIN3O3S.C18H15BrF2N2O3.C17H15BrFN3O3.C17H18FIN4O3S.C17H15FIN3O3/c20-16-10-13(21)2-1-12(16)9-14-15-11-22-23-17(15)3-4-18(14)24-28(26,27)19(5-6-19)7-8-25;19-11-2-1-10(15(20)6-11)5-12-13(17(25)9-26-4-3-24)7-16(21)18-14(12)8-22-23-18;18-11-2-1-10(14(19)6-11)5-12-13-7-21-22-15(13)8-20-17(12)16(24)9-25-4-3-23;1-10-6-16-14(9-20-22-16)13(7-11-2-3-12(19)8-15(11)18)17(10)23-27(25,26)21-4-5-24;18-14-6-11(19)2-1-10(14)5-12-13-7-21-22-15(13)8-20-17(12)16(24)9-25-4-3-23/h1-4,10-11,24-25H,5-9H2,(H,22,23);1-2,6-8,24H,3-5,9H2,(H,22,23);1-2,6-8,23H,3-5,9H2,(H,21,22);2-3,6,8-9,21,23-24H,4-5,7H2,1H3,(H,20,22);1-2,6-8,23H,3-5,9H2,(H,21,22). The van der Waals surface area contributed by atoms with Crippen LogP contribution in [0.25, 0.3) is 54.5 Å². The molecule has 16 rings (SSSR count). The molecule has 7 aromatic heterocycles. The molecule has 0 bridgehead atoms. The number of nitrogens with zero attached hydrogens (tertiary/aromatic N) is 7. The molecule has 7 heterocycles. The largest absolute Gasteiger partial charge is 0.396 e. The van der Waals surface area contributed by atoms with E-state index in [1.807, 2.05) is 79.9 Å². The smallest absolute Gasteiger partial charge is 0.299 e.